The number of benzene rings is 3. The van der Waals surface area contributed by atoms with Crippen LogP contribution in [0.15, 0.2) is 66.7 Å². The highest BCUT2D eigenvalue weighted by atomic mass is 16.5. The number of phenolic OH excluding ortho intramolecular Hbond substituents is 1. The van der Waals surface area contributed by atoms with Crippen LogP contribution in [0.25, 0.3) is 10.8 Å². The van der Waals surface area contributed by atoms with Crippen molar-refractivity contribution in [3.8, 4) is 11.5 Å². The molecule has 0 aliphatic heterocycles. The molecule has 5 nitrogen and oxygen atoms in total. The zero-order valence-electron chi connectivity index (χ0n) is 15.2. The summed E-state index contributed by atoms with van der Waals surface area (Å²) in [7, 11) is 0. The Morgan fingerprint density at radius 2 is 1.63 bits per heavy atom. The Hall–Kier alpha value is -2.60. The van der Waals surface area contributed by atoms with Crippen molar-refractivity contribution in [2.24, 2.45) is 0 Å². The molecule has 0 spiro atoms. The highest BCUT2D eigenvalue weighted by Crippen LogP contribution is 2.21. The minimum Gasteiger partial charge on any atom is -0.508 e. The molecule has 3 rings (SSSR count). The lowest BCUT2D eigenvalue weighted by molar-refractivity contribution is 0.0876. The monoisotopic (exact) mass is 367 g/mol. The molecule has 3 aromatic rings. The lowest BCUT2D eigenvalue weighted by atomic mass is 10.0. The van der Waals surface area contributed by atoms with Crippen molar-refractivity contribution in [3.05, 3.63) is 72.3 Å². The molecule has 0 aliphatic carbocycles. The molecular weight excluding hydrogens is 342 g/mol. The molecule has 0 unspecified atom stereocenters. The molecule has 0 bridgehead atoms. The minimum absolute atomic E-state index is 0.160. The third-order valence-electron chi connectivity index (χ3n) is 4.55. The molecule has 4 N–H and O–H groups in total. The zero-order chi connectivity index (χ0) is 19.2. The average molecular weight is 367 g/mol. The van der Waals surface area contributed by atoms with Gasteiger partial charge in [-0.25, -0.2) is 0 Å². The number of rotatable bonds is 8. The van der Waals surface area contributed by atoms with Gasteiger partial charge in [-0.05, 0) is 47.5 Å². The topological polar surface area (TPSA) is 82.0 Å². The summed E-state index contributed by atoms with van der Waals surface area (Å²) < 4.78 is 5.69. The summed E-state index contributed by atoms with van der Waals surface area (Å²) in [6, 6.07) is 20.0. The molecule has 0 saturated heterocycles. The highest BCUT2D eigenvalue weighted by molar-refractivity contribution is 5.83. The number of aliphatic hydroxyl groups excluding tert-OH is 2. The second-order valence-corrected chi connectivity index (χ2v) is 6.71. The van der Waals surface area contributed by atoms with Crippen molar-refractivity contribution >= 4 is 10.8 Å². The van der Waals surface area contributed by atoms with Gasteiger partial charge in [-0.3, -0.25) is 0 Å². The average Bonchev–Trinajstić information content (AvgIpc) is 2.70. The molecule has 0 aliphatic rings. The van der Waals surface area contributed by atoms with Gasteiger partial charge in [0, 0.05) is 12.6 Å². The van der Waals surface area contributed by atoms with Crippen molar-refractivity contribution in [3.63, 3.8) is 0 Å². The summed E-state index contributed by atoms with van der Waals surface area (Å²) in [5.74, 6) is 0.873. The van der Waals surface area contributed by atoms with Crippen LogP contribution in [0.5, 0.6) is 11.5 Å². The highest BCUT2D eigenvalue weighted by Gasteiger charge is 2.17. The molecule has 0 fully saturated rings. The van der Waals surface area contributed by atoms with Crippen molar-refractivity contribution in [2.45, 2.75) is 25.2 Å². The van der Waals surface area contributed by atoms with Gasteiger partial charge in [0.1, 0.15) is 24.2 Å². The summed E-state index contributed by atoms with van der Waals surface area (Å²) in [5, 5.41) is 35.2. The smallest absolute Gasteiger partial charge is 0.120 e. The van der Waals surface area contributed by atoms with Gasteiger partial charge in [-0.15, -0.1) is 0 Å². The first-order valence-corrected chi connectivity index (χ1v) is 9.03. The van der Waals surface area contributed by atoms with E-state index in [1.54, 1.807) is 12.1 Å². The quantitative estimate of drug-likeness (QED) is 0.492. The summed E-state index contributed by atoms with van der Waals surface area (Å²) in [4.78, 5) is 0. The van der Waals surface area contributed by atoms with Crippen molar-refractivity contribution in [2.75, 3.05) is 13.2 Å². The Labute approximate surface area is 158 Å². The summed E-state index contributed by atoms with van der Waals surface area (Å²) in [5.41, 5.74) is 0.703. The maximum atomic E-state index is 10.3. The fourth-order valence-electron chi connectivity index (χ4n) is 2.90. The van der Waals surface area contributed by atoms with Gasteiger partial charge < -0.3 is 25.4 Å². The number of hydrogen-bond acceptors (Lipinski definition) is 5. The van der Waals surface area contributed by atoms with Crippen LogP contribution in [0.2, 0.25) is 0 Å². The fourth-order valence-corrected chi connectivity index (χ4v) is 2.90. The molecule has 0 aromatic heterocycles. The van der Waals surface area contributed by atoms with E-state index in [2.05, 4.69) is 5.32 Å². The Balaban J connectivity index is 1.47. The number of fused-ring (bicyclic) bond motifs is 1. The van der Waals surface area contributed by atoms with E-state index in [1.165, 1.54) is 12.1 Å². The van der Waals surface area contributed by atoms with Gasteiger partial charge >= 0.3 is 0 Å². The van der Waals surface area contributed by atoms with Gasteiger partial charge in [0.2, 0.25) is 0 Å². The lowest BCUT2D eigenvalue weighted by Crippen LogP contribution is -2.39. The van der Waals surface area contributed by atoms with Crippen LogP contribution in [0.4, 0.5) is 0 Å². The van der Waals surface area contributed by atoms with Gasteiger partial charge in [-0.2, -0.15) is 0 Å². The minimum atomic E-state index is -0.737. The molecule has 0 saturated carbocycles. The Bertz CT molecular complexity index is 866. The lowest BCUT2D eigenvalue weighted by Gasteiger charge is -2.22. The van der Waals surface area contributed by atoms with Crippen molar-refractivity contribution in [1.82, 2.24) is 5.32 Å². The molecule has 27 heavy (non-hydrogen) atoms. The van der Waals surface area contributed by atoms with E-state index in [-0.39, 0.29) is 18.4 Å². The zero-order valence-corrected chi connectivity index (χ0v) is 15.2. The number of nitrogens with one attached hydrogen (secondary N) is 1. The van der Waals surface area contributed by atoms with Gasteiger partial charge in [0.15, 0.2) is 0 Å². The largest absolute Gasteiger partial charge is 0.508 e. The van der Waals surface area contributed by atoms with Crippen LogP contribution in [0.1, 0.15) is 18.6 Å². The predicted molar refractivity (Wildman–Crippen MR) is 106 cm³/mol. The van der Waals surface area contributed by atoms with Crippen molar-refractivity contribution < 1.29 is 20.1 Å². The molecule has 0 heterocycles. The van der Waals surface area contributed by atoms with Gasteiger partial charge in [-0.1, -0.05) is 42.5 Å². The van der Waals surface area contributed by atoms with E-state index < -0.39 is 12.2 Å². The third-order valence-corrected chi connectivity index (χ3v) is 4.55. The molecule has 5 heteroatoms. The van der Waals surface area contributed by atoms with Gasteiger partial charge in [0.25, 0.3) is 0 Å². The van der Waals surface area contributed by atoms with E-state index in [4.69, 9.17) is 4.74 Å². The van der Waals surface area contributed by atoms with E-state index in [9.17, 15) is 15.3 Å². The summed E-state index contributed by atoms with van der Waals surface area (Å²) >= 11 is 0. The van der Waals surface area contributed by atoms with Crippen LogP contribution in [-0.4, -0.2) is 40.6 Å². The van der Waals surface area contributed by atoms with E-state index in [0.29, 0.717) is 17.9 Å². The SMILES string of the molecule is C[C@@H](NC[C@@H](O)COc1ccc2ccccc2c1)[C@@H](O)c1ccc(O)cc1. The maximum absolute atomic E-state index is 10.3. The number of aliphatic hydroxyl groups is 2. The number of hydrogen-bond donors (Lipinski definition) is 4. The summed E-state index contributed by atoms with van der Waals surface area (Å²) in [6.07, 6.45) is -1.44. The molecule has 0 amide bonds. The first kappa shape index (κ1) is 19.2. The summed E-state index contributed by atoms with van der Waals surface area (Å²) in [6.45, 7) is 2.30. The first-order chi connectivity index (χ1) is 13.0. The first-order valence-electron chi connectivity index (χ1n) is 9.03. The van der Waals surface area contributed by atoms with Crippen LogP contribution in [0.3, 0.4) is 0 Å². The van der Waals surface area contributed by atoms with E-state index >= 15 is 0 Å². The predicted octanol–water partition coefficient (Wildman–Crippen LogP) is 3.00. The van der Waals surface area contributed by atoms with Gasteiger partial charge in [0.05, 0.1) is 6.10 Å². The second-order valence-electron chi connectivity index (χ2n) is 6.71. The Morgan fingerprint density at radius 3 is 2.37 bits per heavy atom. The normalized spacial score (nSPS) is 14.6. The third kappa shape index (κ3) is 5.20. The van der Waals surface area contributed by atoms with Crippen LogP contribution in [0, 0.1) is 0 Å². The molecule has 3 aromatic carbocycles. The Morgan fingerprint density at radius 1 is 0.926 bits per heavy atom. The van der Waals surface area contributed by atoms with Crippen LogP contribution in [-0.2, 0) is 0 Å². The second kappa shape index (κ2) is 8.86. The van der Waals surface area contributed by atoms with E-state index in [0.717, 1.165) is 10.8 Å². The van der Waals surface area contributed by atoms with E-state index in [1.807, 2.05) is 49.4 Å². The van der Waals surface area contributed by atoms with Crippen LogP contribution < -0.4 is 10.1 Å². The molecule has 142 valence electrons. The number of phenols is 1. The fraction of sp³-hybridized carbons (Fsp3) is 0.273. The standard InChI is InChI=1S/C22H25NO4/c1-15(22(26)17-6-9-19(24)10-7-17)23-13-20(25)14-27-21-11-8-16-4-2-3-5-18(16)12-21/h2-12,15,20,22-26H,13-14H2,1H3/t15-,20-,22-/m1/s1. The molecule has 0 radical (unpaired) electrons. The number of ether oxygens (including phenoxy) is 1. The molecular formula is C22H25NO4. The Kier molecular flexibility index (Phi) is 6.29. The molecule has 3 atom stereocenters. The number of aromatic hydroxyl groups is 1. The van der Waals surface area contributed by atoms with Crippen LogP contribution >= 0.6 is 0 Å². The van der Waals surface area contributed by atoms with Crippen molar-refractivity contribution in [1.29, 1.82) is 0 Å². The maximum Gasteiger partial charge on any atom is 0.120 e.